The van der Waals surface area contributed by atoms with Crippen LogP contribution in [0.3, 0.4) is 0 Å². The summed E-state index contributed by atoms with van der Waals surface area (Å²) in [5, 5.41) is 3.07. The van der Waals surface area contributed by atoms with Crippen molar-refractivity contribution in [1.82, 2.24) is 0 Å². The number of nitrogens with two attached hydrogens (primary N) is 1. The topological polar surface area (TPSA) is 78.1 Å². The molecular formula is C16H22IN3O3. The van der Waals surface area contributed by atoms with Gasteiger partial charge in [-0.25, -0.2) is 4.99 Å². The normalized spacial score (nSPS) is 20.0. The van der Waals surface area contributed by atoms with Crippen LogP contribution in [0.25, 0.3) is 0 Å². The van der Waals surface area contributed by atoms with Crippen molar-refractivity contribution in [3.63, 3.8) is 0 Å². The van der Waals surface area contributed by atoms with E-state index in [1.807, 2.05) is 24.3 Å². The van der Waals surface area contributed by atoms with Crippen LogP contribution < -0.4 is 20.5 Å². The average Bonchev–Trinajstić information content (AvgIpc) is 2.79. The molecule has 3 N–H and O–H groups in total. The zero-order valence-electron chi connectivity index (χ0n) is 12.9. The van der Waals surface area contributed by atoms with Crippen LogP contribution in [0.2, 0.25) is 0 Å². The van der Waals surface area contributed by atoms with Crippen LogP contribution in [0.5, 0.6) is 11.5 Å². The van der Waals surface area contributed by atoms with E-state index in [1.54, 1.807) is 6.26 Å². The van der Waals surface area contributed by atoms with Crippen molar-refractivity contribution in [2.75, 3.05) is 25.1 Å². The number of anilines is 1. The van der Waals surface area contributed by atoms with E-state index in [-0.39, 0.29) is 30.1 Å². The van der Waals surface area contributed by atoms with Crippen LogP contribution in [0.4, 0.5) is 5.69 Å². The number of aliphatic imine (C=N–C) groups is 1. The first-order valence-corrected chi connectivity index (χ1v) is 7.58. The number of halogens is 1. The Bertz CT molecular complexity index is 578. The summed E-state index contributed by atoms with van der Waals surface area (Å²) in [5.41, 5.74) is 6.75. The number of hydrogen-bond donors (Lipinski definition) is 2. The Hall–Kier alpha value is -1.64. The maximum atomic E-state index is 5.92. The van der Waals surface area contributed by atoms with Gasteiger partial charge in [-0.15, -0.1) is 24.0 Å². The predicted octanol–water partition coefficient (Wildman–Crippen LogP) is 2.89. The van der Waals surface area contributed by atoms with Gasteiger partial charge in [0.1, 0.15) is 6.10 Å². The first-order chi connectivity index (χ1) is 10.8. The Kier molecular flexibility index (Phi) is 6.82. The smallest absolute Gasteiger partial charge is 0.193 e. The van der Waals surface area contributed by atoms with Crippen LogP contribution >= 0.6 is 24.0 Å². The molecular weight excluding hydrogens is 409 g/mol. The number of nitrogens with one attached hydrogen (secondary N) is 1. The van der Waals surface area contributed by atoms with Crippen molar-refractivity contribution in [2.24, 2.45) is 10.7 Å². The number of hydrogen-bond acceptors (Lipinski definition) is 4. The number of ether oxygens (including phenoxy) is 3. The summed E-state index contributed by atoms with van der Waals surface area (Å²) in [6.45, 7) is 1.89. The van der Waals surface area contributed by atoms with E-state index in [9.17, 15) is 0 Å². The first kappa shape index (κ1) is 17.7. The molecule has 1 unspecified atom stereocenters. The molecule has 3 rings (SSSR count). The molecule has 0 saturated carbocycles. The highest BCUT2D eigenvalue weighted by atomic mass is 127. The lowest BCUT2D eigenvalue weighted by Gasteiger charge is -2.17. The largest absolute Gasteiger partial charge is 0.496 e. The predicted molar refractivity (Wildman–Crippen MR) is 101 cm³/mol. The van der Waals surface area contributed by atoms with Crippen molar-refractivity contribution in [1.29, 1.82) is 0 Å². The molecule has 1 aromatic carbocycles. The van der Waals surface area contributed by atoms with Gasteiger partial charge in [-0.3, -0.25) is 0 Å². The van der Waals surface area contributed by atoms with Gasteiger partial charge in [-0.1, -0.05) is 0 Å². The maximum absolute atomic E-state index is 5.92. The lowest BCUT2D eigenvalue weighted by molar-refractivity contribution is 0.131. The fourth-order valence-corrected chi connectivity index (χ4v) is 2.35. The fraction of sp³-hybridized carbons (Fsp3) is 0.438. The molecule has 2 aliphatic heterocycles. The molecule has 0 aromatic heterocycles. The number of guanidine groups is 1. The van der Waals surface area contributed by atoms with E-state index in [4.69, 9.17) is 19.9 Å². The number of rotatable bonds is 3. The monoisotopic (exact) mass is 431 g/mol. The third-order valence-electron chi connectivity index (χ3n) is 3.51. The molecule has 23 heavy (non-hydrogen) atoms. The minimum absolute atomic E-state index is 0. The standard InChI is InChI=1S/C16H21N3O3.HI/c17-16(18-11-13-4-1-2-7-20-13)19-12-5-6-14-15(10-12)22-9-3-8-21-14;/h2,5-7,10,13H,1,3-4,8-9,11H2,(H3,17,18,19);1H. The number of nitrogens with zero attached hydrogens (tertiary/aromatic N) is 1. The molecule has 6 nitrogen and oxygen atoms in total. The summed E-state index contributed by atoms with van der Waals surface area (Å²) in [6.07, 6.45) is 6.73. The van der Waals surface area contributed by atoms with Crippen molar-refractivity contribution in [3.8, 4) is 11.5 Å². The van der Waals surface area contributed by atoms with Crippen LogP contribution in [0.15, 0.2) is 35.5 Å². The molecule has 2 heterocycles. The van der Waals surface area contributed by atoms with Crippen molar-refractivity contribution in [2.45, 2.75) is 25.4 Å². The van der Waals surface area contributed by atoms with Crippen LogP contribution in [0, 0.1) is 0 Å². The van der Waals surface area contributed by atoms with Gasteiger partial charge < -0.3 is 25.3 Å². The molecule has 0 saturated heterocycles. The van der Waals surface area contributed by atoms with Crippen LogP contribution in [-0.4, -0.2) is 31.8 Å². The van der Waals surface area contributed by atoms with Gasteiger partial charge in [0, 0.05) is 18.2 Å². The molecule has 0 amide bonds. The highest BCUT2D eigenvalue weighted by Gasteiger charge is 2.12. The van der Waals surface area contributed by atoms with Crippen molar-refractivity contribution in [3.05, 3.63) is 30.5 Å². The Balaban J connectivity index is 0.00000192. The Morgan fingerprint density at radius 1 is 1.26 bits per heavy atom. The minimum Gasteiger partial charge on any atom is -0.496 e. The average molecular weight is 431 g/mol. The van der Waals surface area contributed by atoms with E-state index < -0.39 is 0 Å². The summed E-state index contributed by atoms with van der Waals surface area (Å²) < 4.78 is 16.7. The zero-order valence-corrected chi connectivity index (χ0v) is 15.2. The third kappa shape index (κ3) is 5.19. The quantitative estimate of drug-likeness (QED) is 0.437. The molecule has 0 spiro atoms. The minimum atomic E-state index is 0. The lowest BCUT2D eigenvalue weighted by Crippen LogP contribution is -2.25. The Morgan fingerprint density at radius 3 is 2.87 bits per heavy atom. The molecule has 0 aliphatic carbocycles. The van der Waals surface area contributed by atoms with Gasteiger partial charge >= 0.3 is 0 Å². The summed E-state index contributed by atoms with van der Waals surface area (Å²) in [4.78, 5) is 4.33. The Morgan fingerprint density at radius 2 is 2.09 bits per heavy atom. The molecule has 126 valence electrons. The summed E-state index contributed by atoms with van der Waals surface area (Å²) in [6, 6.07) is 5.66. The highest BCUT2D eigenvalue weighted by Crippen LogP contribution is 2.32. The second-order valence-corrected chi connectivity index (χ2v) is 5.27. The van der Waals surface area contributed by atoms with E-state index in [2.05, 4.69) is 10.3 Å². The van der Waals surface area contributed by atoms with E-state index >= 15 is 0 Å². The first-order valence-electron chi connectivity index (χ1n) is 7.58. The van der Waals surface area contributed by atoms with Gasteiger partial charge in [0.05, 0.1) is 26.0 Å². The Labute approximate surface area is 153 Å². The van der Waals surface area contributed by atoms with Crippen molar-refractivity contribution >= 4 is 35.6 Å². The molecule has 2 aliphatic rings. The maximum Gasteiger partial charge on any atom is 0.193 e. The van der Waals surface area contributed by atoms with Gasteiger partial charge in [-0.05, 0) is 31.1 Å². The number of fused-ring (bicyclic) bond motifs is 1. The highest BCUT2D eigenvalue weighted by molar-refractivity contribution is 14.0. The lowest BCUT2D eigenvalue weighted by atomic mass is 10.2. The molecule has 0 bridgehead atoms. The van der Waals surface area contributed by atoms with Gasteiger partial charge in [0.2, 0.25) is 0 Å². The van der Waals surface area contributed by atoms with Gasteiger partial charge in [0.15, 0.2) is 17.5 Å². The second-order valence-electron chi connectivity index (χ2n) is 5.27. The van der Waals surface area contributed by atoms with E-state index in [0.717, 1.165) is 36.4 Å². The van der Waals surface area contributed by atoms with E-state index in [0.29, 0.717) is 25.7 Å². The van der Waals surface area contributed by atoms with Gasteiger partial charge in [-0.2, -0.15) is 0 Å². The van der Waals surface area contributed by atoms with E-state index in [1.165, 1.54) is 0 Å². The molecule has 0 fully saturated rings. The summed E-state index contributed by atoms with van der Waals surface area (Å²) in [7, 11) is 0. The third-order valence-corrected chi connectivity index (χ3v) is 3.51. The number of benzene rings is 1. The van der Waals surface area contributed by atoms with Gasteiger partial charge in [0.25, 0.3) is 0 Å². The molecule has 1 atom stereocenters. The molecule has 1 aromatic rings. The van der Waals surface area contributed by atoms with Crippen LogP contribution in [-0.2, 0) is 4.74 Å². The van der Waals surface area contributed by atoms with Crippen LogP contribution in [0.1, 0.15) is 19.3 Å². The SMILES string of the molecule is I.NC(=NCC1CCC=CO1)Nc1ccc2c(c1)OCCCO2. The summed E-state index contributed by atoms with van der Waals surface area (Å²) in [5.74, 6) is 1.87. The molecule has 7 heteroatoms. The number of allylic oxidation sites excluding steroid dienone is 1. The zero-order chi connectivity index (χ0) is 15.2. The fourth-order valence-electron chi connectivity index (χ4n) is 2.35. The summed E-state index contributed by atoms with van der Waals surface area (Å²) >= 11 is 0. The van der Waals surface area contributed by atoms with Crippen molar-refractivity contribution < 1.29 is 14.2 Å². The molecule has 0 radical (unpaired) electrons. The second kappa shape index (κ2) is 8.85.